The molecule has 1 aromatic heterocycles. The normalized spacial score (nSPS) is 23.3. The first-order chi connectivity index (χ1) is 14.8. The van der Waals surface area contributed by atoms with E-state index in [1.807, 2.05) is 4.90 Å². The average Bonchev–Trinajstić information content (AvgIpc) is 2.74. The number of ether oxygens (including phenoxy) is 1. The Kier molecular flexibility index (Phi) is 6.25. The highest BCUT2D eigenvalue weighted by atomic mass is 35.5. The van der Waals surface area contributed by atoms with Crippen molar-refractivity contribution in [1.29, 1.82) is 0 Å². The van der Waals surface area contributed by atoms with Crippen LogP contribution in [0.1, 0.15) is 18.4 Å². The zero-order valence-corrected chi connectivity index (χ0v) is 18.4. The molecule has 2 aliphatic heterocycles. The first-order valence-electron chi connectivity index (χ1n) is 10.0. The van der Waals surface area contributed by atoms with Crippen LogP contribution in [0, 0.1) is 5.82 Å². The Labute approximate surface area is 189 Å². The number of carbonyl (C=O) groups is 1. The zero-order valence-electron chi connectivity index (χ0n) is 16.9. The third-order valence-electron chi connectivity index (χ3n) is 5.87. The number of halogens is 3. The van der Waals surface area contributed by atoms with Gasteiger partial charge in [-0.05, 0) is 38.1 Å². The second-order valence-corrected chi connectivity index (χ2v) is 8.68. The molecule has 0 saturated carbocycles. The summed E-state index contributed by atoms with van der Waals surface area (Å²) in [5.74, 6) is 0.351. The molecule has 7 nitrogen and oxygen atoms in total. The number of benzene rings is 1. The minimum Gasteiger partial charge on any atom is -0.490 e. The molecule has 4 rings (SSSR count). The van der Waals surface area contributed by atoms with Crippen molar-refractivity contribution in [3.05, 3.63) is 45.8 Å². The van der Waals surface area contributed by atoms with E-state index in [1.54, 1.807) is 13.1 Å². The van der Waals surface area contributed by atoms with Crippen molar-refractivity contribution in [2.75, 3.05) is 37.0 Å². The molecule has 10 heteroatoms. The van der Waals surface area contributed by atoms with Gasteiger partial charge in [0.2, 0.25) is 5.91 Å². The van der Waals surface area contributed by atoms with Crippen molar-refractivity contribution in [2.24, 2.45) is 0 Å². The number of rotatable bonds is 5. The number of nitrogens with zero attached hydrogens (tertiary/aromatic N) is 2. The van der Waals surface area contributed by atoms with Gasteiger partial charge in [-0.2, -0.15) is 0 Å². The summed E-state index contributed by atoms with van der Waals surface area (Å²) in [7, 11) is 1.77. The molecule has 1 fully saturated rings. The van der Waals surface area contributed by atoms with E-state index in [0.717, 1.165) is 0 Å². The lowest BCUT2D eigenvalue weighted by atomic mass is 9.87. The maximum atomic E-state index is 14.1. The summed E-state index contributed by atoms with van der Waals surface area (Å²) in [5, 5.41) is 18.0. The summed E-state index contributed by atoms with van der Waals surface area (Å²) in [4.78, 5) is 17.9. The number of likely N-dealkylation sites (N-methyl/N-ethyl adjacent to an activating group) is 1. The summed E-state index contributed by atoms with van der Waals surface area (Å²) in [6.07, 6.45) is 2.59. The molecule has 0 radical (unpaired) electrons. The second kappa shape index (κ2) is 8.78. The third kappa shape index (κ3) is 4.43. The number of aliphatic hydroxyl groups is 1. The number of piperidine rings is 1. The molecule has 0 bridgehead atoms. The molecule has 1 amide bonds. The van der Waals surface area contributed by atoms with Crippen molar-refractivity contribution in [3.8, 4) is 5.75 Å². The number of carbonyl (C=O) groups excluding carboxylic acids is 1. The third-order valence-corrected chi connectivity index (χ3v) is 6.35. The first-order valence-corrected chi connectivity index (χ1v) is 10.8. The van der Waals surface area contributed by atoms with Gasteiger partial charge in [0, 0.05) is 31.3 Å². The molecule has 31 heavy (non-hydrogen) atoms. The fourth-order valence-electron chi connectivity index (χ4n) is 4.11. The van der Waals surface area contributed by atoms with Crippen LogP contribution in [0.3, 0.4) is 0 Å². The summed E-state index contributed by atoms with van der Waals surface area (Å²) < 4.78 is 20.1. The van der Waals surface area contributed by atoms with E-state index in [4.69, 9.17) is 27.9 Å². The molecule has 1 aromatic carbocycles. The Morgan fingerprint density at radius 3 is 2.97 bits per heavy atom. The van der Waals surface area contributed by atoms with Crippen LogP contribution < -0.4 is 20.3 Å². The average molecular weight is 469 g/mol. The standard InChI is InChI=1S/C21H23Cl2FN4O3/c1-25-17-10-28(20-14(23)8-12(22)9-26-20)7-6-21(17,30)11-31-16-4-3-15(24)19-13(16)2-5-18(29)27-19/h3-4,8-9,17,25,30H,2,5-7,10-11H2,1H3,(H,27,29). The van der Waals surface area contributed by atoms with Gasteiger partial charge in [-0.3, -0.25) is 4.79 Å². The molecule has 0 spiro atoms. The van der Waals surface area contributed by atoms with E-state index in [1.165, 1.54) is 18.3 Å². The van der Waals surface area contributed by atoms with Gasteiger partial charge >= 0.3 is 0 Å². The molecule has 2 aliphatic rings. The summed E-state index contributed by atoms with van der Waals surface area (Å²) in [6, 6.07) is 4.11. The van der Waals surface area contributed by atoms with Gasteiger partial charge in [-0.15, -0.1) is 0 Å². The van der Waals surface area contributed by atoms with E-state index in [9.17, 15) is 14.3 Å². The number of amides is 1. The molecule has 1 saturated heterocycles. The van der Waals surface area contributed by atoms with E-state index in [2.05, 4.69) is 15.6 Å². The number of fused-ring (bicyclic) bond motifs is 1. The van der Waals surface area contributed by atoms with Gasteiger partial charge in [-0.25, -0.2) is 9.37 Å². The number of anilines is 2. The van der Waals surface area contributed by atoms with Crippen molar-refractivity contribution in [3.63, 3.8) is 0 Å². The molecule has 2 atom stereocenters. The first kappa shape index (κ1) is 22.1. The number of nitrogens with one attached hydrogen (secondary N) is 2. The molecule has 0 aliphatic carbocycles. The minimum absolute atomic E-state index is 0.0140. The fourth-order valence-corrected chi connectivity index (χ4v) is 4.61. The molecule has 2 unspecified atom stereocenters. The van der Waals surface area contributed by atoms with E-state index >= 15 is 0 Å². The highest BCUT2D eigenvalue weighted by molar-refractivity contribution is 6.36. The number of hydrogen-bond donors (Lipinski definition) is 3. The Morgan fingerprint density at radius 1 is 1.42 bits per heavy atom. The minimum atomic E-state index is -1.16. The molecule has 3 N–H and O–H groups in total. The highest BCUT2D eigenvalue weighted by Gasteiger charge is 2.42. The van der Waals surface area contributed by atoms with Crippen LogP contribution in [0.25, 0.3) is 0 Å². The smallest absolute Gasteiger partial charge is 0.224 e. The van der Waals surface area contributed by atoms with Crippen molar-refractivity contribution in [2.45, 2.75) is 30.9 Å². The van der Waals surface area contributed by atoms with Gasteiger partial charge in [0.25, 0.3) is 0 Å². The van der Waals surface area contributed by atoms with Crippen LogP contribution in [-0.4, -0.2) is 54.4 Å². The van der Waals surface area contributed by atoms with Crippen molar-refractivity contribution >= 4 is 40.6 Å². The van der Waals surface area contributed by atoms with Crippen molar-refractivity contribution < 1.29 is 19.0 Å². The van der Waals surface area contributed by atoms with Gasteiger partial charge in [0.05, 0.1) is 21.8 Å². The van der Waals surface area contributed by atoms with Crippen LogP contribution in [0.4, 0.5) is 15.9 Å². The molecular formula is C21H23Cl2FN4O3. The molecule has 3 heterocycles. The van der Waals surface area contributed by atoms with Crippen LogP contribution in [0.5, 0.6) is 5.75 Å². The van der Waals surface area contributed by atoms with Crippen LogP contribution >= 0.6 is 23.2 Å². The van der Waals surface area contributed by atoms with Gasteiger partial charge in [0.15, 0.2) is 0 Å². The van der Waals surface area contributed by atoms with Gasteiger partial charge in [-0.1, -0.05) is 23.2 Å². The Balaban J connectivity index is 1.49. The Morgan fingerprint density at radius 2 is 2.23 bits per heavy atom. The monoisotopic (exact) mass is 468 g/mol. The lowest BCUT2D eigenvalue weighted by Crippen LogP contribution is -2.63. The Bertz CT molecular complexity index is 1010. The maximum absolute atomic E-state index is 14.1. The second-order valence-electron chi connectivity index (χ2n) is 7.84. The van der Waals surface area contributed by atoms with E-state index in [-0.39, 0.29) is 30.7 Å². The van der Waals surface area contributed by atoms with Crippen LogP contribution in [0.15, 0.2) is 24.4 Å². The number of pyridine rings is 1. The maximum Gasteiger partial charge on any atom is 0.224 e. The predicted octanol–water partition coefficient (Wildman–Crippen LogP) is 3.02. The number of hydrogen-bond acceptors (Lipinski definition) is 6. The van der Waals surface area contributed by atoms with Gasteiger partial charge in [0.1, 0.15) is 29.6 Å². The molecule has 2 aromatic rings. The van der Waals surface area contributed by atoms with Crippen molar-refractivity contribution in [1.82, 2.24) is 10.3 Å². The summed E-state index contributed by atoms with van der Waals surface area (Å²) in [5.41, 5.74) is -0.397. The fraction of sp³-hybridized carbons (Fsp3) is 0.429. The quantitative estimate of drug-likeness (QED) is 0.625. The molecular weight excluding hydrogens is 446 g/mol. The topological polar surface area (TPSA) is 86.7 Å². The van der Waals surface area contributed by atoms with Gasteiger partial charge < -0.3 is 25.4 Å². The lowest BCUT2D eigenvalue weighted by molar-refractivity contribution is -0.116. The highest BCUT2D eigenvalue weighted by Crippen LogP contribution is 2.35. The SMILES string of the molecule is CNC1CN(c2ncc(Cl)cc2Cl)CCC1(O)COc1ccc(F)c2c1CCC(=O)N2. The predicted molar refractivity (Wildman–Crippen MR) is 118 cm³/mol. The van der Waals surface area contributed by atoms with Crippen LogP contribution in [0.2, 0.25) is 10.0 Å². The summed E-state index contributed by atoms with van der Waals surface area (Å²) >= 11 is 12.2. The largest absolute Gasteiger partial charge is 0.490 e. The number of aromatic nitrogens is 1. The Hall–Kier alpha value is -2.13. The zero-order chi connectivity index (χ0) is 22.2. The van der Waals surface area contributed by atoms with E-state index in [0.29, 0.717) is 53.1 Å². The van der Waals surface area contributed by atoms with Crippen LogP contribution in [-0.2, 0) is 11.2 Å². The lowest BCUT2D eigenvalue weighted by Gasteiger charge is -2.44. The van der Waals surface area contributed by atoms with E-state index < -0.39 is 11.4 Å². The molecule has 166 valence electrons. The summed E-state index contributed by atoms with van der Waals surface area (Å²) in [6.45, 7) is 0.992.